The normalized spacial score (nSPS) is 11.6. The highest BCUT2D eigenvalue weighted by atomic mass is 35.5. The van der Waals surface area contributed by atoms with Crippen LogP contribution in [0.1, 0.15) is 37.8 Å². The number of hydrogen-bond acceptors (Lipinski definition) is 1. The molecular weight excluding hydrogens is 286 g/mol. The minimum atomic E-state index is -0.966. The Labute approximate surface area is 129 Å². The Morgan fingerprint density at radius 1 is 1.38 bits per heavy atom. The number of carboxylic acids is 1. The van der Waals surface area contributed by atoms with Gasteiger partial charge in [0.05, 0.1) is 5.52 Å². The molecular formula is C17H20ClNO2. The standard InChI is InChI=1S/C17H20ClNO2/c1-3-5-11-19-16-12(4-2)7-6-8-13(16)14(17(19)18)9-10-15(20)21/h6-10H,3-5,11H2,1-2H3,(H,20,21)/b10-9+. The highest BCUT2D eigenvalue weighted by molar-refractivity contribution is 6.33. The first-order chi connectivity index (χ1) is 10.1. The Hall–Kier alpha value is -1.74. The molecule has 0 aliphatic heterocycles. The van der Waals surface area contributed by atoms with E-state index in [1.165, 1.54) is 5.56 Å². The number of rotatable bonds is 6. The van der Waals surface area contributed by atoms with Gasteiger partial charge in [-0.15, -0.1) is 0 Å². The van der Waals surface area contributed by atoms with E-state index >= 15 is 0 Å². The van der Waals surface area contributed by atoms with E-state index in [0.29, 0.717) is 5.15 Å². The molecule has 1 N–H and O–H groups in total. The van der Waals surface area contributed by atoms with Crippen LogP contribution in [0.3, 0.4) is 0 Å². The van der Waals surface area contributed by atoms with Crippen LogP contribution in [0.4, 0.5) is 0 Å². The SMILES string of the molecule is CCCCn1c(Cl)c(/C=C/C(=O)O)c2cccc(CC)c21. The molecule has 21 heavy (non-hydrogen) atoms. The number of hydrogen-bond donors (Lipinski definition) is 1. The number of nitrogens with zero attached hydrogens (tertiary/aromatic N) is 1. The molecule has 2 aromatic rings. The van der Waals surface area contributed by atoms with E-state index in [-0.39, 0.29) is 0 Å². The second kappa shape index (κ2) is 6.81. The molecule has 0 fully saturated rings. The molecule has 0 spiro atoms. The van der Waals surface area contributed by atoms with Gasteiger partial charge in [0, 0.05) is 23.6 Å². The van der Waals surface area contributed by atoms with Crippen molar-refractivity contribution in [2.75, 3.05) is 0 Å². The molecule has 1 aromatic carbocycles. The smallest absolute Gasteiger partial charge is 0.328 e. The van der Waals surface area contributed by atoms with Crippen LogP contribution in [0.25, 0.3) is 17.0 Å². The van der Waals surface area contributed by atoms with Gasteiger partial charge in [-0.25, -0.2) is 4.79 Å². The average Bonchev–Trinajstić information content (AvgIpc) is 2.74. The van der Waals surface area contributed by atoms with Crippen molar-refractivity contribution >= 4 is 34.5 Å². The molecule has 0 aliphatic rings. The summed E-state index contributed by atoms with van der Waals surface area (Å²) in [7, 11) is 0. The van der Waals surface area contributed by atoms with Gasteiger partial charge < -0.3 is 9.67 Å². The van der Waals surface area contributed by atoms with Crippen molar-refractivity contribution in [2.24, 2.45) is 0 Å². The number of aliphatic carboxylic acids is 1. The van der Waals surface area contributed by atoms with Crippen LogP contribution in [0.2, 0.25) is 5.15 Å². The Morgan fingerprint density at radius 2 is 2.14 bits per heavy atom. The molecule has 0 saturated carbocycles. The second-order valence-electron chi connectivity index (χ2n) is 5.05. The Kier molecular flexibility index (Phi) is 5.07. The van der Waals surface area contributed by atoms with Crippen molar-refractivity contribution in [2.45, 2.75) is 39.7 Å². The molecule has 0 amide bonds. The maximum atomic E-state index is 10.8. The van der Waals surface area contributed by atoms with Gasteiger partial charge in [0.1, 0.15) is 5.15 Å². The summed E-state index contributed by atoms with van der Waals surface area (Å²) in [5, 5.41) is 10.5. The van der Waals surface area contributed by atoms with Gasteiger partial charge in [0.15, 0.2) is 0 Å². The Bertz CT molecular complexity index is 686. The molecule has 1 aromatic heterocycles. The van der Waals surface area contributed by atoms with E-state index in [4.69, 9.17) is 16.7 Å². The van der Waals surface area contributed by atoms with Crippen LogP contribution in [-0.4, -0.2) is 15.6 Å². The van der Waals surface area contributed by atoms with Crippen molar-refractivity contribution in [3.63, 3.8) is 0 Å². The van der Waals surface area contributed by atoms with Gasteiger partial charge in [-0.1, -0.05) is 50.1 Å². The van der Waals surface area contributed by atoms with Crippen LogP contribution in [0.5, 0.6) is 0 Å². The highest BCUT2D eigenvalue weighted by Gasteiger charge is 2.15. The topological polar surface area (TPSA) is 42.2 Å². The Morgan fingerprint density at radius 3 is 2.76 bits per heavy atom. The third-order valence-corrected chi connectivity index (χ3v) is 4.06. The molecule has 2 rings (SSSR count). The number of unbranched alkanes of at least 4 members (excludes halogenated alkanes) is 1. The maximum absolute atomic E-state index is 10.8. The lowest BCUT2D eigenvalue weighted by molar-refractivity contribution is -0.131. The number of para-hydroxylation sites is 1. The number of benzene rings is 1. The molecule has 1 heterocycles. The lowest BCUT2D eigenvalue weighted by atomic mass is 10.1. The minimum absolute atomic E-state index is 0.622. The highest BCUT2D eigenvalue weighted by Crippen LogP contribution is 2.33. The molecule has 3 nitrogen and oxygen atoms in total. The number of carboxylic acid groups (broad SMARTS) is 1. The average molecular weight is 306 g/mol. The number of aryl methyl sites for hydroxylation is 2. The second-order valence-corrected chi connectivity index (χ2v) is 5.41. The van der Waals surface area contributed by atoms with E-state index in [2.05, 4.69) is 24.5 Å². The minimum Gasteiger partial charge on any atom is -0.478 e. The summed E-state index contributed by atoms with van der Waals surface area (Å²) < 4.78 is 2.11. The molecule has 0 saturated heterocycles. The number of aromatic nitrogens is 1. The van der Waals surface area contributed by atoms with E-state index in [9.17, 15) is 4.79 Å². The van der Waals surface area contributed by atoms with Crippen molar-refractivity contribution in [3.05, 3.63) is 40.6 Å². The molecule has 112 valence electrons. The molecule has 0 aliphatic carbocycles. The fourth-order valence-electron chi connectivity index (χ4n) is 2.61. The quantitative estimate of drug-likeness (QED) is 0.782. The summed E-state index contributed by atoms with van der Waals surface area (Å²) in [5.74, 6) is -0.966. The van der Waals surface area contributed by atoms with Crippen LogP contribution in [-0.2, 0) is 17.8 Å². The van der Waals surface area contributed by atoms with Gasteiger partial charge in [0.2, 0.25) is 0 Å². The molecule has 0 atom stereocenters. The number of fused-ring (bicyclic) bond motifs is 1. The van der Waals surface area contributed by atoms with Crippen LogP contribution >= 0.6 is 11.6 Å². The fraction of sp³-hybridized carbons (Fsp3) is 0.353. The largest absolute Gasteiger partial charge is 0.478 e. The number of carbonyl (C=O) groups is 1. The van der Waals surface area contributed by atoms with Gasteiger partial charge in [-0.2, -0.15) is 0 Å². The first-order valence-electron chi connectivity index (χ1n) is 7.30. The lowest BCUT2D eigenvalue weighted by Gasteiger charge is -2.09. The van der Waals surface area contributed by atoms with Crippen LogP contribution in [0.15, 0.2) is 24.3 Å². The summed E-state index contributed by atoms with van der Waals surface area (Å²) >= 11 is 6.52. The van der Waals surface area contributed by atoms with Crippen molar-refractivity contribution < 1.29 is 9.90 Å². The van der Waals surface area contributed by atoms with Crippen molar-refractivity contribution in [1.29, 1.82) is 0 Å². The maximum Gasteiger partial charge on any atom is 0.328 e. The van der Waals surface area contributed by atoms with Crippen LogP contribution < -0.4 is 0 Å². The first kappa shape index (κ1) is 15.6. The van der Waals surface area contributed by atoms with E-state index in [0.717, 1.165) is 48.3 Å². The van der Waals surface area contributed by atoms with Gasteiger partial charge in [-0.3, -0.25) is 0 Å². The zero-order chi connectivity index (χ0) is 15.4. The van der Waals surface area contributed by atoms with E-state index < -0.39 is 5.97 Å². The molecule has 0 radical (unpaired) electrons. The summed E-state index contributed by atoms with van der Waals surface area (Å²) in [5.41, 5.74) is 3.16. The molecule has 0 bridgehead atoms. The zero-order valence-corrected chi connectivity index (χ0v) is 13.2. The van der Waals surface area contributed by atoms with Crippen LogP contribution in [0, 0.1) is 0 Å². The van der Waals surface area contributed by atoms with E-state index in [1.54, 1.807) is 6.08 Å². The lowest BCUT2D eigenvalue weighted by Crippen LogP contribution is -1.99. The first-order valence-corrected chi connectivity index (χ1v) is 7.68. The fourth-order valence-corrected chi connectivity index (χ4v) is 2.94. The predicted octanol–water partition coefficient (Wildman–Crippen LogP) is 4.76. The zero-order valence-electron chi connectivity index (χ0n) is 12.4. The third-order valence-electron chi connectivity index (χ3n) is 3.65. The van der Waals surface area contributed by atoms with Gasteiger partial charge >= 0.3 is 5.97 Å². The van der Waals surface area contributed by atoms with Gasteiger partial charge in [-0.05, 0) is 24.5 Å². The summed E-state index contributed by atoms with van der Waals surface area (Å²) in [4.78, 5) is 10.8. The summed E-state index contributed by atoms with van der Waals surface area (Å²) in [6.45, 7) is 5.11. The monoisotopic (exact) mass is 305 g/mol. The third kappa shape index (κ3) is 3.13. The van der Waals surface area contributed by atoms with E-state index in [1.807, 2.05) is 12.1 Å². The summed E-state index contributed by atoms with van der Waals surface area (Å²) in [6, 6.07) is 6.11. The van der Waals surface area contributed by atoms with Crippen molar-refractivity contribution in [3.8, 4) is 0 Å². The predicted molar refractivity (Wildman–Crippen MR) is 87.9 cm³/mol. The van der Waals surface area contributed by atoms with Crippen molar-refractivity contribution in [1.82, 2.24) is 4.57 Å². The molecule has 0 unspecified atom stereocenters. The molecule has 4 heteroatoms. The number of halogens is 1. The Balaban J connectivity index is 2.69. The van der Waals surface area contributed by atoms with Gasteiger partial charge in [0.25, 0.3) is 0 Å². The summed E-state index contributed by atoms with van der Waals surface area (Å²) in [6.07, 6.45) is 5.79.